The Morgan fingerprint density at radius 3 is 2.68 bits per heavy atom. The molecular weight excluding hydrogens is 270 g/mol. The average Bonchev–Trinajstić information content (AvgIpc) is 2.63. The summed E-state index contributed by atoms with van der Waals surface area (Å²) < 4.78 is 27.6. The molecule has 0 spiro atoms. The van der Waals surface area contributed by atoms with E-state index in [9.17, 15) is 8.42 Å². The number of anilines is 1. The van der Waals surface area contributed by atoms with Crippen LogP contribution in [-0.4, -0.2) is 29.0 Å². The van der Waals surface area contributed by atoms with Crippen LogP contribution < -0.4 is 16.8 Å². The van der Waals surface area contributed by atoms with Crippen molar-refractivity contribution in [3.8, 4) is 0 Å². The number of nitrogens with two attached hydrogens (primary N) is 2. The molecule has 1 aliphatic rings. The van der Waals surface area contributed by atoms with Crippen LogP contribution in [0, 0.1) is 0 Å². The van der Waals surface area contributed by atoms with Crippen LogP contribution in [0.25, 0.3) is 0 Å². The second-order valence-electron chi connectivity index (χ2n) is 4.33. The maximum absolute atomic E-state index is 9.19. The number of rotatable bonds is 2. The van der Waals surface area contributed by atoms with Crippen molar-refractivity contribution < 1.29 is 13.0 Å². The van der Waals surface area contributed by atoms with Crippen LogP contribution in [0.15, 0.2) is 24.2 Å². The van der Waals surface area contributed by atoms with E-state index >= 15 is 0 Å². The summed E-state index contributed by atoms with van der Waals surface area (Å²) in [5.41, 5.74) is 11.4. The maximum Gasteiger partial charge on any atom is 0.261 e. The van der Waals surface area contributed by atoms with Crippen LogP contribution in [0.4, 0.5) is 5.82 Å². The molecule has 0 aromatic carbocycles. The second-order valence-corrected chi connectivity index (χ2v) is 5.79. The van der Waals surface area contributed by atoms with E-state index in [0.29, 0.717) is 12.1 Å². The first-order valence-corrected chi connectivity index (χ1v) is 7.52. The monoisotopic (exact) mass is 289 g/mol. The average molecular weight is 289 g/mol. The second kappa shape index (κ2) is 5.59. The van der Waals surface area contributed by atoms with Gasteiger partial charge in [0.2, 0.25) is 0 Å². The molecule has 19 heavy (non-hydrogen) atoms. The Labute approximate surface area is 112 Å². The van der Waals surface area contributed by atoms with E-state index < -0.39 is 15.8 Å². The molecule has 0 aliphatic carbocycles. The van der Waals surface area contributed by atoms with Crippen LogP contribution in [-0.2, 0) is 15.8 Å². The predicted octanol–water partition coefficient (Wildman–Crippen LogP) is 0.0243. The lowest BCUT2D eigenvalue weighted by Gasteiger charge is -2.32. The minimum Gasteiger partial charge on any atom is -0.385 e. The zero-order chi connectivity index (χ0) is 14.7. The van der Waals surface area contributed by atoms with Crippen molar-refractivity contribution in [3.05, 3.63) is 24.2 Å². The van der Waals surface area contributed by atoms with E-state index in [0.717, 1.165) is 18.7 Å². The summed E-state index contributed by atoms with van der Waals surface area (Å²) in [6.07, 6.45) is 6.05. The van der Waals surface area contributed by atoms with Gasteiger partial charge in [-0.1, -0.05) is 13.3 Å². The molecule has 0 saturated heterocycles. The maximum atomic E-state index is 9.19. The van der Waals surface area contributed by atoms with Crippen molar-refractivity contribution in [3.63, 3.8) is 0 Å². The molecule has 1 aromatic heterocycles. The zero-order valence-electron chi connectivity index (χ0n) is 10.9. The molecule has 8 nitrogen and oxygen atoms in total. The summed E-state index contributed by atoms with van der Waals surface area (Å²) in [6.45, 7) is 2.09. The van der Waals surface area contributed by atoms with Crippen LogP contribution in [0.2, 0.25) is 0 Å². The molecule has 0 saturated carbocycles. The van der Waals surface area contributed by atoms with Crippen LogP contribution in [0.1, 0.15) is 19.8 Å². The van der Waals surface area contributed by atoms with E-state index in [2.05, 4.69) is 17.3 Å². The molecule has 1 unspecified atom stereocenters. The topological polar surface area (TPSA) is 136 Å². The normalized spacial score (nSPS) is 21.6. The van der Waals surface area contributed by atoms with Gasteiger partial charge in [0.05, 0.1) is 12.5 Å². The van der Waals surface area contributed by atoms with Crippen LogP contribution in [0.3, 0.4) is 0 Å². The quantitative estimate of drug-likeness (QED) is 0.563. The summed E-state index contributed by atoms with van der Waals surface area (Å²) >= 11 is 0. The number of nitrogens with one attached hydrogen (secondary N) is 1. The first-order valence-electron chi connectivity index (χ1n) is 5.67. The summed E-state index contributed by atoms with van der Waals surface area (Å²) in [5.74, 6) is 1.44. The third-order valence-electron chi connectivity index (χ3n) is 2.37. The summed E-state index contributed by atoms with van der Waals surface area (Å²) in [4.78, 5) is 0. The van der Waals surface area contributed by atoms with Crippen molar-refractivity contribution in [1.29, 1.82) is 0 Å². The molecule has 1 atom stereocenters. The predicted molar refractivity (Wildman–Crippen MR) is 72.7 cm³/mol. The van der Waals surface area contributed by atoms with E-state index in [1.165, 1.54) is 0 Å². The fourth-order valence-electron chi connectivity index (χ4n) is 1.82. The van der Waals surface area contributed by atoms with Gasteiger partial charge in [0.1, 0.15) is 17.3 Å². The lowest BCUT2D eigenvalue weighted by Crippen LogP contribution is -2.46. The molecule has 0 radical (unpaired) electrons. The van der Waals surface area contributed by atoms with Crippen molar-refractivity contribution in [2.45, 2.75) is 25.4 Å². The fourth-order valence-corrected chi connectivity index (χ4v) is 1.82. The van der Waals surface area contributed by atoms with Gasteiger partial charge in [-0.25, -0.2) is 4.68 Å². The van der Waals surface area contributed by atoms with Crippen molar-refractivity contribution in [2.24, 2.45) is 11.5 Å². The molecule has 6 N–H and O–H groups in total. The van der Waals surface area contributed by atoms with E-state index in [4.69, 9.17) is 16.0 Å². The summed E-state index contributed by atoms with van der Waals surface area (Å²) in [6, 6.07) is 1.86. The van der Waals surface area contributed by atoms with Gasteiger partial charge in [-0.15, -0.1) is 0 Å². The highest BCUT2D eigenvalue weighted by atomic mass is 32.2. The molecule has 0 bridgehead atoms. The lowest BCUT2D eigenvalue weighted by molar-refractivity contribution is 0.315. The smallest absolute Gasteiger partial charge is 0.261 e. The SMILES string of the molecule is CCCC1(N)C=C(N)Nc2ccnn21.CS(=O)(=O)O. The first kappa shape index (κ1) is 15.5. The van der Waals surface area contributed by atoms with Crippen LogP contribution >= 0.6 is 0 Å². The molecule has 1 aromatic rings. The van der Waals surface area contributed by atoms with Gasteiger partial charge in [0.25, 0.3) is 10.1 Å². The van der Waals surface area contributed by atoms with Gasteiger partial charge in [0.15, 0.2) is 0 Å². The number of hydrogen-bond acceptors (Lipinski definition) is 6. The minimum atomic E-state index is -3.67. The van der Waals surface area contributed by atoms with Crippen molar-refractivity contribution in [2.75, 3.05) is 11.6 Å². The van der Waals surface area contributed by atoms with Gasteiger partial charge in [0, 0.05) is 6.07 Å². The standard InChI is InChI=1S/C9H15N5.CH4O3S/c1-2-4-9(11)6-7(10)13-8-3-5-12-14(8)9;1-5(2,3)4/h3,5-6,13H,2,4,10-11H2,1H3;1H3,(H,2,3,4). The summed E-state index contributed by atoms with van der Waals surface area (Å²) in [5, 5.41) is 7.20. The Hall–Kier alpha value is -1.58. The Bertz CT molecular complexity index is 557. The molecule has 1 aliphatic heterocycles. The lowest BCUT2D eigenvalue weighted by atomic mass is 10.0. The van der Waals surface area contributed by atoms with Gasteiger partial charge < -0.3 is 16.8 Å². The van der Waals surface area contributed by atoms with Gasteiger partial charge in [-0.05, 0) is 12.5 Å². The number of hydrogen-bond donors (Lipinski definition) is 4. The molecule has 9 heteroatoms. The molecular formula is C10H19N5O3S. The molecule has 0 fully saturated rings. The van der Waals surface area contributed by atoms with Gasteiger partial charge in [-0.3, -0.25) is 4.55 Å². The molecule has 108 valence electrons. The third kappa shape index (κ3) is 4.54. The highest BCUT2D eigenvalue weighted by Crippen LogP contribution is 2.27. The molecule has 2 rings (SSSR count). The van der Waals surface area contributed by atoms with E-state index in [1.807, 2.05) is 12.1 Å². The molecule has 2 heterocycles. The minimum absolute atomic E-state index is 0.580. The van der Waals surface area contributed by atoms with E-state index in [-0.39, 0.29) is 0 Å². The Balaban J connectivity index is 0.000000312. The van der Waals surface area contributed by atoms with Crippen LogP contribution in [0.5, 0.6) is 0 Å². The summed E-state index contributed by atoms with van der Waals surface area (Å²) in [7, 11) is -3.67. The fraction of sp³-hybridized carbons (Fsp3) is 0.500. The first-order chi connectivity index (χ1) is 8.65. The number of fused-ring (bicyclic) bond motifs is 1. The van der Waals surface area contributed by atoms with Crippen molar-refractivity contribution >= 4 is 15.9 Å². The zero-order valence-corrected chi connectivity index (χ0v) is 11.7. The Morgan fingerprint density at radius 1 is 1.58 bits per heavy atom. The Morgan fingerprint density at radius 2 is 2.16 bits per heavy atom. The molecule has 0 amide bonds. The van der Waals surface area contributed by atoms with E-state index in [1.54, 1.807) is 10.9 Å². The third-order valence-corrected chi connectivity index (χ3v) is 2.37. The van der Waals surface area contributed by atoms with Gasteiger partial charge in [-0.2, -0.15) is 13.5 Å². The number of nitrogens with zero attached hydrogens (tertiary/aromatic N) is 2. The largest absolute Gasteiger partial charge is 0.385 e. The van der Waals surface area contributed by atoms with Crippen molar-refractivity contribution in [1.82, 2.24) is 9.78 Å². The highest BCUT2D eigenvalue weighted by Gasteiger charge is 2.30. The number of aromatic nitrogens is 2. The van der Waals surface area contributed by atoms with Gasteiger partial charge >= 0.3 is 0 Å². The highest BCUT2D eigenvalue weighted by molar-refractivity contribution is 7.85. The Kier molecular flexibility index (Phi) is 4.56.